The maximum absolute atomic E-state index is 11.1. The summed E-state index contributed by atoms with van der Waals surface area (Å²) in [6.45, 7) is 0. The zero-order chi connectivity index (χ0) is 13.2. The van der Waals surface area contributed by atoms with Gasteiger partial charge in [0.2, 0.25) is 0 Å². The van der Waals surface area contributed by atoms with E-state index < -0.39 is 5.97 Å². The Kier molecular flexibility index (Phi) is 3.38. The minimum Gasteiger partial charge on any atom is -0.481 e. The average Bonchev–Trinajstić information content (AvgIpc) is 2.86. The number of thiazole rings is 1. The van der Waals surface area contributed by atoms with Gasteiger partial charge in [-0.2, -0.15) is 0 Å². The van der Waals surface area contributed by atoms with Gasteiger partial charge >= 0.3 is 5.97 Å². The molecule has 4 nitrogen and oxygen atoms in total. The fourth-order valence-electron chi connectivity index (χ4n) is 2.73. The summed E-state index contributed by atoms with van der Waals surface area (Å²) >= 11 is 1.62. The molecule has 0 amide bonds. The number of fused-ring (bicyclic) bond motifs is 1. The van der Waals surface area contributed by atoms with E-state index in [0.29, 0.717) is 0 Å². The molecule has 2 atom stereocenters. The van der Waals surface area contributed by atoms with E-state index in [4.69, 9.17) is 5.11 Å². The van der Waals surface area contributed by atoms with Crippen LogP contribution in [0, 0.1) is 5.92 Å². The summed E-state index contributed by atoms with van der Waals surface area (Å²) in [4.78, 5) is 15.3. The zero-order valence-corrected chi connectivity index (χ0v) is 11.3. The van der Waals surface area contributed by atoms with Crippen LogP contribution in [0.3, 0.4) is 0 Å². The lowest BCUT2D eigenvalue weighted by Crippen LogP contribution is -2.30. The molecule has 1 aromatic heterocycles. The number of aliphatic carboxylic acids is 1. The molecular formula is C14H16N2O2S. The number of carbonyl (C=O) groups is 1. The summed E-state index contributed by atoms with van der Waals surface area (Å²) in [5.41, 5.74) is 3.92. The Morgan fingerprint density at radius 2 is 2.32 bits per heavy atom. The Labute approximate surface area is 115 Å². The summed E-state index contributed by atoms with van der Waals surface area (Å²) in [5, 5.41) is 12.6. The lowest BCUT2D eigenvalue weighted by atomic mass is 9.85. The molecule has 2 unspecified atom stereocenters. The van der Waals surface area contributed by atoms with Crippen LogP contribution in [0.2, 0.25) is 0 Å². The van der Waals surface area contributed by atoms with Gasteiger partial charge in [0.05, 0.1) is 21.6 Å². The number of carboxylic acids is 1. The highest BCUT2D eigenvalue weighted by molar-refractivity contribution is 7.16. The van der Waals surface area contributed by atoms with E-state index in [9.17, 15) is 4.79 Å². The van der Waals surface area contributed by atoms with Crippen LogP contribution in [0.5, 0.6) is 0 Å². The van der Waals surface area contributed by atoms with Crippen molar-refractivity contribution in [3.8, 4) is 0 Å². The van der Waals surface area contributed by atoms with Crippen molar-refractivity contribution in [2.45, 2.75) is 31.7 Å². The highest BCUT2D eigenvalue weighted by atomic mass is 32.1. The van der Waals surface area contributed by atoms with E-state index in [1.54, 1.807) is 11.3 Å². The number of hydrogen-bond donors (Lipinski definition) is 2. The third-order valence-corrected chi connectivity index (χ3v) is 4.52. The molecule has 100 valence electrons. The first-order chi connectivity index (χ1) is 9.22. The summed E-state index contributed by atoms with van der Waals surface area (Å²) in [6, 6.07) is 6.38. The third-order valence-electron chi connectivity index (χ3n) is 3.73. The van der Waals surface area contributed by atoms with Crippen molar-refractivity contribution in [3.63, 3.8) is 0 Å². The molecule has 1 aliphatic rings. The van der Waals surface area contributed by atoms with Crippen LogP contribution in [0.1, 0.15) is 25.7 Å². The maximum Gasteiger partial charge on any atom is 0.306 e. The van der Waals surface area contributed by atoms with Gasteiger partial charge in [-0.1, -0.05) is 6.42 Å². The molecule has 1 heterocycles. The van der Waals surface area contributed by atoms with Crippen LogP contribution in [0.25, 0.3) is 10.2 Å². The van der Waals surface area contributed by atoms with Crippen LogP contribution in [-0.2, 0) is 4.79 Å². The monoisotopic (exact) mass is 276 g/mol. The van der Waals surface area contributed by atoms with Crippen LogP contribution < -0.4 is 5.32 Å². The molecule has 1 saturated carbocycles. The molecule has 1 aliphatic carbocycles. The minimum absolute atomic E-state index is 0.196. The summed E-state index contributed by atoms with van der Waals surface area (Å²) in [5.74, 6) is -0.859. The Hall–Kier alpha value is -1.62. The number of hydrogen-bond acceptors (Lipinski definition) is 4. The molecule has 19 heavy (non-hydrogen) atoms. The van der Waals surface area contributed by atoms with Gasteiger partial charge in [-0.25, -0.2) is 4.98 Å². The third kappa shape index (κ3) is 2.71. The Morgan fingerprint density at radius 1 is 1.42 bits per heavy atom. The predicted molar refractivity (Wildman–Crippen MR) is 76.6 cm³/mol. The molecule has 2 N–H and O–H groups in total. The number of nitrogens with zero attached hydrogens (tertiary/aromatic N) is 1. The van der Waals surface area contributed by atoms with Crippen molar-refractivity contribution in [1.29, 1.82) is 0 Å². The van der Waals surface area contributed by atoms with Crippen molar-refractivity contribution in [2.75, 3.05) is 5.32 Å². The summed E-state index contributed by atoms with van der Waals surface area (Å²) in [6.07, 6.45) is 3.55. The van der Waals surface area contributed by atoms with Crippen molar-refractivity contribution >= 4 is 33.2 Å². The van der Waals surface area contributed by atoms with Gasteiger partial charge in [0.25, 0.3) is 0 Å². The Balaban J connectivity index is 1.71. The van der Waals surface area contributed by atoms with Gasteiger partial charge < -0.3 is 10.4 Å². The topological polar surface area (TPSA) is 62.2 Å². The zero-order valence-electron chi connectivity index (χ0n) is 10.5. The second-order valence-corrected chi connectivity index (χ2v) is 5.96. The lowest BCUT2D eigenvalue weighted by Gasteiger charge is -2.28. The van der Waals surface area contributed by atoms with Crippen LogP contribution >= 0.6 is 11.3 Å². The summed E-state index contributed by atoms with van der Waals surface area (Å²) in [7, 11) is 0. The summed E-state index contributed by atoms with van der Waals surface area (Å²) < 4.78 is 1.16. The van der Waals surface area contributed by atoms with E-state index in [-0.39, 0.29) is 12.0 Å². The molecule has 0 bridgehead atoms. The van der Waals surface area contributed by atoms with Gasteiger partial charge in [-0.3, -0.25) is 4.79 Å². The first-order valence-electron chi connectivity index (χ1n) is 6.55. The quantitative estimate of drug-likeness (QED) is 0.902. The standard InChI is InChI=1S/C14H16N2O2S/c17-14(18)9-2-1-3-10(6-9)16-11-4-5-12-13(7-11)19-8-15-12/h4-5,7-10,16H,1-3,6H2,(H,17,18). The van der Waals surface area contributed by atoms with Gasteiger partial charge in [0.1, 0.15) is 0 Å². The van der Waals surface area contributed by atoms with E-state index >= 15 is 0 Å². The molecule has 0 radical (unpaired) electrons. The van der Waals surface area contributed by atoms with Gasteiger partial charge in [-0.05, 0) is 37.5 Å². The molecular weight excluding hydrogens is 260 g/mol. The number of nitrogens with one attached hydrogen (secondary N) is 1. The first-order valence-corrected chi connectivity index (χ1v) is 7.43. The highest BCUT2D eigenvalue weighted by Gasteiger charge is 2.26. The van der Waals surface area contributed by atoms with E-state index in [2.05, 4.69) is 16.4 Å². The maximum atomic E-state index is 11.1. The lowest BCUT2D eigenvalue weighted by molar-refractivity contribution is -0.142. The van der Waals surface area contributed by atoms with E-state index in [0.717, 1.165) is 41.6 Å². The largest absolute Gasteiger partial charge is 0.481 e. The molecule has 0 spiro atoms. The number of aromatic nitrogens is 1. The van der Waals surface area contributed by atoms with Crippen LogP contribution in [-0.4, -0.2) is 22.1 Å². The fourth-order valence-corrected chi connectivity index (χ4v) is 3.44. The number of rotatable bonds is 3. The predicted octanol–water partition coefficient (Wildman–Crippen LogP) is 3.35. The SMILES string of the molecule is O=C(O)C1CCCC(Nc2ccc3ncsc3c2)C1. The number of anilines is 1. The molecule has 3 rings (SSSR count). The van der Waals surface area contributed by atoms with E-state index in [1.165, 1.54) is 0 Å². The second-order valence-electron chi connectivity index (χ2n) is 5.08. The average molecular weight is 276 g/mol. The Bertz CT molecular complexity index is 596. The molecule has 1 aromatic carbocycles. The second kappa shape index (κ2) is 5.17. The van der Waals surface area contributed by atoms with E-state index in [1.807, 2.05) is 17.6 Å². The van der Waals surface area contributed by atoms with Crippen molar-refractivity contribution in [2.24, 2.45) is 5.92 Å². The first kappa shape index (κ1) is 12.4. The minimum atomic E-state index is -0.663. The number of benzene rings is 1. The fraction of sp³-hybridized carbons (Fsp3) is 0.429. The van der Waals surface area contributed by atoms with Gasteiger partial charge in [-0.15, -0.1) is 11.3 Å². The van der Waals surface area contributed by atoms with Gasteiger partial charge in [0.15, 0.2) is 0 Å². The smallest absolute Gasteiger partial charge is 0.306 e. The number of carboxylic acid groups (broad SMARTS) is 1. The molecule has 5 heteroatoms. The van der Waals surface area contributed by atoms with Crippen molar-refractivity contribution < 1.29 is 9.90 Å². The molecule has 2 aromatic rings. The van der Waals surface area contributed by atoms with Crippen LogP contribution in [0.4, 0.5) is 5.69 Å². The van der Waals surface area contributed by atoms with Crippen molar-refractivity contribution in [1.82, 2.24) is 4.98 Å². The molecule has 1 fully saturated rings. The Morgan fingerprint density at radius 3 is 3.16 bits per heavy atom. The van der Waals surface area contributed by atoms with Gasteiger partial charge in [0, 0.05) is 11.7 Å². The normalized spacial score (nSPS) is 23.4. The molecule has 0 saturated heterocycles. The highest BCUT2D eigenvalue weighted by Crippen LogP contribution is 2.28. The van der Waals surface area contributed by atoms with Crippen molar-refractivity contribution in [3.05, 3.63) is 23.7 Å². The van der Waals surface area contributed by atoms with Crippen LogP contribution in [0.15, 0.2) is 23.7 Å². The molecule has 0 aliphatic heterocycles.